The smallest absolute Gasteiger partial charge is 0.272 e. The zero-order valence-electron chi connectivity index (χ0n) is 16.7. The van der Waals surface area contributed by atoms with Crippen LogP contribution >= 0.6 is 0 Å². The lowest BCUT2D eigenvalue weighted by Gasteiger charge is -2.34. The van der Waals surface area contributed by atoms with Gasteiger partial charge < -0.3 is 14.5 Å². The normalized spacial score (nSPS) is 13.9. The zero-order chi connectivity index (χ0) is 20.9. The standard InChI is InChI=1S/C22H23N5O3/c1-30-18-4-2-16(3-5-18)14-21(28)26-10-12-27(13-11-26)22(29)20-15-19(24-25-20)17-6-8-23-9-7-17/h2-9,15H,10-14H2,1H3,(H,24,25). The number of nitrogens with zero attached hydrogens (tertiary/aromatic N) is 4. The van der Waals surface area contributed by atoms with Crippen molar-refractivity contribution in [3.8, 4) is 17.0 Å². The number of ether oxygens (including phenoxy) is 1. The summed E-state index contributed by atoms with van der Waals surface area (Å²) in [5, 5.41) is 7.06. The topological polar surface area (TPSA) is 91.4 Å². The molecule has 1 fully saturated rings. The summed E-state index contributed by atoms with van der Waals surface area (Å²) in [4.78, 5) is 32.9. The molecular formula is C22H23N5O3. The number of hydrogen-bond donors (Lipinski definition) is 1. The van der Waals surface area contributed by atoms with Gasteiger partial charge in [0.1, 0.15) is 11.4 Å². The van der Waals surface area contributed by atoms with Crippen LogP contribution in [0.15, 0.2) is 54.9 Å². The first-order valence-electron chi connectivity index (χ1n) is 9.80. The summed E-state index contributed by atoms with van der Waals surface area (Å²) in [6.07, 6.45) is 3.72. The Bertz CT molecular complexity index is 1010. The number of methoxy groups -OCH3 is 1. The third-order valence-corrected chi connectivity index (χ3v) is 5.22. The van der Waals surface area contributed by atoms with Crippen LogP contribution in [0.1, 0.15) is 16.1 Å². The van der Waals surface area contributed by atoms with E-state index in [1.165, 1.54) is 0 Å². The molecule has 0 unspecified atom stereocenters. The minimum Gasteiger partial charge on any atom is -0.497 e. The molecule has 8 nitrogen and oxygen atoms in total. The SMILES string of the molecule is COc1ccc(CC(=O)N2CCN(C(=O)c3cc(-c4ccncc4)n[nH]3)CC2)cc1. The van der Waals surface area contributed by atoms with Gasteiger partial charge in [-0.3, -0.25) is 19.7 Å². The third kappa shape index (κ3) is 4.32. The molecule has 0 aliphatic carbocycles. The maximum absolute atomic E-state index is 12.8. The van der Waals surface area contributed by atoms with Crippen molar-refractivity contribution in [1.82, 2.24) is 25.0 Å². The second-order valence-corrected chi connectivity index (χ2v) is 7.10. The van der Waals surface area contributed by atoms with Gasteiger partial charge in [0.2, 0.25) is 5.91 Å². The molecular weight excluding hydrogens is 382 g/mol. The number of pyridine rings is 1. The zero-order valence-corrected chi connectivity index (χ0v) is 16.7. The van der Waals surface area contributed by atoms with Crippen molar-refractivity contribution in [2.75, 3.05) is 33.3 Å². The van der Waals surface area contributed by atoms with Crippen molar-refractivity contribution in [2.45, 2.75) is 6.42 Å². The minimum atomic E-state index is -0.106. The van der Waals surface area contributed by atoms with E-state index in [1.54, 1.807) is 30.5 Å². The summed E-state index contributed by atoms with van der Waals surface area (Å²) < 4.78 is 5.15. The summed E-state index contributed by atoms with van der Waals surface area (Å²) in [6, 6.07) is 12.9. The van der Waals surface area contributed by atoms with Gasteiger partial charge in [-0.1, -0.05) is 12.1 Å². The van der Waals surface area contributed by atoms with Crippen LogP contribution in [0.4, 0.5) is 0 Å². The molecule has 0 atom stereocenters. The number of carbonyl (C=O) groups is 2. The Balaban J connectivity index is 1.32. The first-order valence-corrected chi connectivity index (χ1v) is 9.80. The van der Waals surface area contributed by atoms with E-state index in [2.05, 4.69) is 15.2 Å². The number of benzene rings is 1. The van der Waals surface area contributed by atoms with Crippen LogP contribution in [0, 0.1) is 0 Å². The summed E-state index contributed by atoms with van der Waals surface area (Å²) in [7, 11) is 1.62. The van der Waals surface area contributed by atoms with Crippen molar-refractivity contribution < 1.29 is 14.3 Å². The summed E-state index contributed by atoms with van der Waals surface area (Å²) in [6.45, 7) is 2.03. The lowest BCUT2D eigenvalue weighted by molar-refractivity contribution is -0.131. The van der Waals surface area contributed by atoms with Crippen molar-refractivity contribution in [2.24, 2.45) is 0 Å². The highest BCUT2D eigenvalue weighted by molar-refractivity contribution is 5.93. The van der Waals surface area contributed by atoms with Crippen molar-refractivity contribution >= 4 is 11.8 Å². The lowest BCUT2D eigenvalue weighted by atomic mass is 10.1. The number of nitrogens with one attached hydrogen (secondary N) is 1. The Morgan fingerprint density at radius 1 is 1.00 bits per heavy atom. The second kappa shape index (κ2) is 8.77. The van der Waals surface area contributed by atoms with E-state index in [9.17, 15) is 9.59 Å². The van der Waals surface area contributed by atoms with Crippen LogP contribution in [0.5, 0.6) is 5.75 Å². The third-order valence-electron chi connectivity index (χ3n) is 5.22. The van der Waals surface area contributed by atoms with E-state index in [4.69, 9.17) is 4.74 Å². The molecule has 8 heteroatoms. The van der Waals surface area contributed by atoms with Crippen LogP contribution in [0.25, 0.3) is 11.3 Å². The highest BCUT2D eigenvalue weighted by atomic mass is 16.5. The van der Waals surface area contributed by atoms with E-state index in [-0.39, 0.29) is 11.8 Å². The Morgan fingerprint density at radius 3 is 2.33 bits per heavy atom. The number of rotatable bonds is 5. The first-order chi connectivity index (χ1) is 14.6. The molecule has 1 N–H and O–H groups in total. The second-order valence-electron chi connectivity index (χ2n) is 7.10. The van der Waals surface area contributed by atoms with Gasteiger partial charge in [-0.25, -0.2) is 0 Å². The van der Waals surface area contributed by atoms with Gasteiger partial charge in [0.05, 0.1) is 19.2 Å². The number of piperazine rings is 1. The quantitative estimate of drug-likeness (QED) is 0.701. The molecule has 0 bridgehead atoms. The molecule has 2 aromatic heterocycles. The Kier molecular flexibility index (Phi) is 5.74. The van der Waals surface area contributed by atoms with E-state index in [0.29, 0.717) is 44.0 Å². The average molecular weight is 405 g/mol. The van der Waals surface area contributed by atoms with Crippen LogP contribution in [-0.4, -0.2) is 70.1 Å². The maximum Gasteiger partial charge on any atom is 0.272 e. The number of aromatic nitrogens is 3. The number of aromatic amines is 1. The summed E-state index contributed by atoms with van der Waals surface area (Å²) in [5.74, 6) is 0.725. The summed E-state index contributed by atoms with van der Waals surface area (Å²) in [5.41, 5.74) is 2.99. The van der Waals surface area contributed by atoms with Crippen LogP contribution in [-0.2, 0) is 11.2 Å². The number of H-pyrrole nitrogens is 1. The monoisotopic (exact) mass is 405 g/mol. The molecule has 0 saturated carbocycles. The number of carbonyl (C=O) groups excluding carboxylic acids is 2. The molecule has 4 rings (SSSR count). The number of amides is 2. The molecule has 154 valence electrons. The molecule has 3 aromatic rings. The van der Waals surface area contributed by atoms with Crippen LogP contribution in [0.2, 0.25) is 0 Å². The molecule has 1 aromatic carbocycles. The van der Waals surface area contributed by atoms with Crippen LogP contribution in [0.3, 0.4) is 0 Å². The largest absolute Gasteiger partial charge is 0.497 e. The molecule has 3 heterocycles. The highest BCUT2D eigenvalue weighted by Crippen LogP contribution is 2.18. The van der Waals surface area contributed by atoms with Gasteiger partial charge in [-0.05, 0) is 35.9 Å². The maximum atomic E-state index is 12.8. The predicted molar refractivity (Wildman–Crippen MR) is 111 cm³/mol. The molecule has 1 aliphatic heterocycles. The van der Waals surface area contributed by atoms with Crippen molar-refractivity contribution in [1.29, 1.82) is 0 Å². The lowest BCUT2D eigenvalue weighted by Crippen LogP contribution is -2.51. The van der Waals surface area contributed by atoms with Crippen molar-refractivity contribution in [3.05, 3.63) is 66.1 Å². The van der Waals surface area contributed by atoms with E-state index < -0.39 is 0 Å². The van der Waals surface area contributed by atoms with E-state index in [0.717, 1.165) is 16.9 Å². The minimum absolute atomic E-state index is 0.0637. The average Bonchev–Trinajstić information content (AvgIpc) is 3.30. The van der Waals surface area contributed by atoms with Gasteiger partial charge in [-0.15, -0.1) is 0 Å². The molecule has 2 amide bonds. The molecule has 0 spiro atoms. The molecule has 1 saturated heterocycles. The van der Waals surface area contributed by atoms with Gasteiger partial charge >= 0.3 is 0 Å². The first kappa shape index (κ1) is 19.6. The fourth-order valence-electron chi connectivity index (χ4n) is 3.46. The predicted octanol–water partition coefficient (Wildman–Crippen LogP) is 2.01. The Morgan fingerprint density at radius 2 is 1.67 bits per heavy atom. The van der Waals surface area contributed by atoms with Crippen molar-refractivity contribution in [3.63, 3.8) is 0 Å². The fourth-order valence-corrected chi connectivity index (χ4v) is 3.46. The van der Waals surface area contributed by atoms with E-state index in [1.807, 2.05) is 41.3 Å². The number of hydrogen-bond acceptors (Lipinski definition) is 5. The molecule has 0 radical (unpaired) electrons. The molecule has 30 heavy (non-hydrogen) atoms. The fraction of sp³-hybridized carbons (Fsp3) is 0.273. The summed E-state index contributed by atoms with van der Waals surface area (Å²) >= 11 is 0. The van der Waals surface area contributed by atoms with Gasteiger partial charge in [0, 0.05) is 44.1 Å². The Hall–Kier alpha value is -3.68. The van der Waals surface area contributed by atoms with E-state index >= 15 is 0 Å². The van der Waals surface area contributed by atoms with Crippen LogP contribution < -0.4 is 4.74 Å². The van der Waals surface area contributed by atoms with Gasteiger partial charge in [0.25, 0.3) is 5.91 Å². The van der Waals surface area contributed by atoms with Gasteiger partial charge in [-0.2, -0.15) is 5.10 Å². The Labute approximate surface area is 174 Å². The van der Waals surface area contributed by atoms with Gasteiger partial charge in [0.15, 0.2) is 0 Å². The highest BCUT2D eigenvalue weighted by Gasteiger charge is 2.26. The molecule has 1 aliphatic rings.